The van der Waals surface area contributed by atoms with Gasteiger partial charge >= 0.3 is 0 Å². The van der Waals surface area contributed by atoms with Crippen molar-refractivity contribution >= 4 is 50.9 Å². The van der Waals surface area contributed by atoms with Gasteiger partial charge in [0.25, 0.3) is 0 Å². The summed E-state index contributed by atoms with van der Waals surface area (Å²) in [5.41, 5.74) is 0.780. The van der Waals surface area contributed by atoms with E-state index in [9.17, 15) is 4.79 Å². The Balaban J connectivity index is 2.05. The SMILES string of the molecule is O=C(Nc1ccc(Cl)cc1Br)C1CCCS1. The highest BCUT2D eigenvalue weighted by Crippen LogP contribution is 2.30. The van der Waals surface area contributed by atoms with Crippen molar-refractivity contribution in [1.29, 1.82) is 0 Å². The van der Waals surface area contributed by atoms with Gasteiger partial charge in [0.15, 0.2) is 0 Å². The van der Waals surface area contributed by atoms with E-state index in [1.54, 1.807) is 23.9 Å². The zero-order chi connectivity index (χ0) is 11.5. The van der Waals surface area contributed by atoms with Gasteiger partial charge in [0.1, 0.15) is 0 Å². The Hall–Kier alpha value is -0.190. The second-order valence-corrected chi connectivity index (χ2v) is 6.22. The molecular formula is C11H11BrClNOS. The van der Waals surface area contributed by atoms with Crippen LogP contribution in [0.15, 0.2) is 22.7 Å². The van der Waals surface area contributed by atoms with Gasteiger partial charge in [0, 0.05) is 9.50 Å². The van der Waals surface area contributed by atoms with Crippen LogP contribution in [0.1, 0.15) is 12.8 Å². The van der Waals surface area contributed by atoms with E-state index in [1.165, 1.54) is 0 Å². The second kappa shape index (κ2) is 5.43. The summed E-state index contributed by atoms with van der Waals surface area (Å²) < 4.78 is 0.816. The molecule has 1 aliphatic heterocycles. The maximum absolute atomic E-state index is 11.9. The second-order valence-electron chi connectivity index (χ2n) is 3.62. The lowest BCUT2D eigenvalue weighted by atomic mass is 10.2. The molecule has 0 aliphatic carbocycles. The minimum atomic E-state index is 0.0884. The number of halogens is 2. The Morgan fingerprint density at radius 3 is 3.00 bits per heavy atom. The maximum atomic E-state index is 11.9. The lowest BCUT2D eigenvalue weighted by Crippen LogP contribution is -2.23. The summed E-state index contributed by atoms with van der Waals surface area (Å²) in [6.45, 7) is 0. The van der Waals surface area contributed by atoms with Crippen LogP contribution in [0, 0.1) is 0 Å². The molecule has 2 nitrogen and oxygen atoms in total. The largest absolute Gasteiger partial charge is 0.324 e. The first-order valence-corrected chi connectivity index (χ1v) is 7.26. The van der Waals surface area contributed by atoms with Crippen molar-refractivity contribution in [1.82, 2.24) is 0 Å². The molecule has 0 saturated carbocycles. The quantitative estimate of drug-likeness (QED) is 0.894. The van der Waals surface area contributed by atoms with Crippen LogP contribution in [0.4, 0.5) is 5.69 Å². The third-order valence-electron chi connectivity index (χ3n) is 2.41. The highest BCUT2D eigenvalue weighted by Gasteiger charge is 2.23. The zero-order valence-corrected chi connectivity index (χ0v) is 11.7. The molecule has 1 aliphatic rings. The fourth-order valence-corrected chi connectivity index (χ4v) is 3.53. The first-order valence-electron chi connectivity index (χ1n) is 5.04. The maximum Gasteiger partial charge on any atom is 0.237 e. The molecule has 1 saturated heterocycles. The van der Waals surface area contributed by atoms with Crippen molar-refractivity contribution in [2.24, 2.45) is 0 Å². The predicted molar refractivity (Wildman–Crippen MR) is 73.3 cm³/mol. The van der Waals surface area contributed by atoms with Crippen LogP contribution in [0.2, 0.25) is 5.02 Å². The van der Waals surface area contributed by atoms with Gasteiger partial charge in [-0.05, 0) is 52.7 Å². The van der Waals surface area contributed by atoms with Crippen molar-refractivity contribution in [3.63, 3.8) is 0 Å². The lowest BCUT2D eigenvalue weighted by Gasteiger charge is -2.11. The van der Waals surface area contributed by atoms with Crippen molar-refractivity contribution < 1.29 is 4.79 Å². The van der Waals surface area contributed by atoms with Gasteiger partial charge in [-0.2, -0.15) is 0 Å². The van der Waals surface area contributed by atoms with E-state index < -0.39 is 0 Å². The molecule has 1 aromatic rings. The highest BCUT2D eigenvalue weighted by molar-refractivity contribution is 9.10. The number of carbonyl (C=O) groups is 1. The van der Waals surface area contributed by atoms with Gasteiger partial charge in [0.2, 0.25) is 5.91 Å². The number of hydrogen-bond acceptors (Lipinski definition) is 2. The first kappa shape index (κ1) is 12.3. The van der Waals surface area contributed by atoms with Gasteiger partial charge in [-0.25, -0.2) is 0 Å². The number of anilines is 1. The fourth-order valence-electron chi connectivity index (χ4n) is 1.59. The summed E-state index contributed by atoms with van der Waals surface area (Å²) in [4.78, 5) is 11.9. The lowest BCUT2D eigenvalue weighted by molar-refractivity contribution is -0.115. The summed E-state index contributed by atoms with van der Waals surface area (Å²) in [6, 6.07) is 5.35. The molecule has 1 amide bonds. The van der Waals surface area contributed by atoms with E-state index in [0.717, 1.165) is 28.8 Å². The third kappa shape index (κ3) is 2.93. The van der Waals surface area contributed by atoms with Crippen molar-refractivity contribution in [3.05, 3.63) is 27.7 Å². The Kier molecular flexibility index (Phi) is 4.16. The summed E-state index contributed by atoms with van der Waals surface area (Å²) in [6.07, 6.45) is 2.10. The Morgan fingerprint density at radius 1 is 1.56 bits per heavy atom. The van der Waals surface area contributed by atoms with Gasteiger partial charge in [-0.1, -0.05) is 11.6 Å². The molecule has 0 aromatic heterocycles. The fraction of sp³-hybridized carbons (Fsp3) is 0.364. The summed E-state index contributed by atoms with van der Waals surface area (Å²) in [7, 11) is 0. The topological polar surface area (TPSA) is 29.1 Å². The molecule has 1 atom stereocenters. The Morgan fingerprint density at radius 2 is 2.38 bits per heavy atom. The molecule has 1 fully saturated rings. The molecule has 16 heavy (non-hydrogen) atoms. The van der Waals surface area contributed by atoms with Crippen molar-refractivity contribution in [2.45, 2.75) is 18.1 Å². The van der Waals surface area contributed by atoms with E-state index in [2.05, 4.69) is 21.2 Å². The molecule has 0 spiro atoms. The van der Waals surface area contributed by atoms with Gasteiger partial charge in [-0.3, -0.25) is 4.79 Å². The van der Waals surface area contributed by atoms with E-state index in [1.807, 2.05) is 6.07 Å². The zero-order valence-electron chi connectivity index (χ0n) is 8.50. The molecule has 0 bridgehead atoms. The summed E-state index contributed by atoms with van der Waals surface area (Å²) >= 11 is 10.9. The molecule has 1 aromatic carbocycles. The van der Waals surface area contributed by atoms with Gasteiger partial charge in [-0.15, -0.1) is 11.8 Å². The predicted octanol–water partition coefficient (Wildman–Crippen LogP) is 3.94. The molecule has 0 radical (unpaired) electrons. The van der Waals surface area contributed by atoms with Crippen LogP contribution >= 0.6 is 39.3 Å². The average Bonchev–Trinajstić information content (AvgIpc) is 2.75. The molecule has 1 N–H and O–H groups in total. The highest BCUT2D eigenvalue weighted by atomic mass is 79.9. The van der Waals surface area contributed by atoms with Crippen LogP contribution < -0.4 is 5.32 Å². The summed E-state index contributed by atoms with van der Waals surface area (Å²) in [5, 5.41) is 3.67. The third-order valence-corrected chi connectivity index (χ3v) is 4.68. The molecular weight excluding hydrogens is 310 g/mol. The number of benzene rings is 1. The van der Waals surface area contributed by atoms with Crippen LogP contribution in [-0.4, -0.2) is 16.9 Å². The van der Waals surface area contributed by atoms with E-state index in [0.29, 0.717) is 5.02 Å². The number of thioether (sulfide) groups is 1. The number of carbonyl (C=O) groups excluding carboxylic acids is 1. The minimum Gasteiger partial charge on any atom is -0.324 e. The first-order chi connectivity index (χ1) is 7.66. The van der Waals surface area contributed by atoms with Crippen LogP contribution in [-0.2, 0) is 4.79 Å². The van der Waals surface area contributed by atoms with Crippen molar-refractivity contribution in [3.8, 4) is 0 Å². The number of rotatable bonds is 2. The smallest absolute Gasteiger partial charge is 0.237 e. The monoisotopic (exact) mass is 319 g/mol. The average molecular weight is 321 g/mol. The van der Waals surface area contributed by atoms with Gasteiger partial charge < -0.3 is 5.32 Å². The Bertz CT molecular complexity index is 407. The molecule has 1 unspecified atom stereocenters. The van der Waals surface area contributed by atoms with E-state index in [4.69, 9.17) is 11.6 Å². The number of hydrogen-bond donors (Lipinski definition) is 1. The van der Waals surface area contributed by atoms with E-state index in [-0.39, 0.29) is 11.2 Å². The van der Waals surface area contributed by atoms with Crippen LogP contribution in [0.25, 0.3) is 0 Å². The minimum absolute atomic E-state index is 0.0884. The van der Waals surface area contributed by atoms with Crippen LogP contribution in [0.5, 0.6) is 0 Å². The van der Waals surface area contributed by atoms with Crippen molar-refractivity contribution in [2.75, 3.05) is 11.1 Å². The molecule has 86 valence electrons. The normalized spacial score (nSPS) is 19.8. The number of nitrogens with one attached hydrogen (secondary N) is 1. The van der Waals surface area contributed by atoms with E-state index >= 15 is 0 Å². The Labute approximate surface area is 112 Å². The molecule has 1 heterocycles. The standard InChI is InChI=1S/C11H11BrClNOS/c12-8-6-7(13)3-4-9(8)14-11(15)10-2-1-5-16-10/h3-4,6,10H,1-2,5H2,(H,14,15). The van der Waals surface area contributed by atoms with Gasteiger partial charge in [0.05, 0.1) is 10.9 Å². The molecule has 2 rings (SSSR count). The summed E-state index contributed by atoms with van der Waals surface area (Å²) in [5.74, 6) is 1.17. The number of amides is 1. The molecule has 5 heteroatoms. The van der Waals surface area contributed by atoms with Crippen LogP contribution in [0.3, 0.4) is 0 Å².